The minimum Gasteiger partial charge on any atom is -0.467 e. The van der Waals surface area contributed by atoms with Crippen molar-refractivity contribution in [2.24, 2.45) is 0 Å². The van der Waals surface area contributed by atoms with Crippen LogP contribution in [0.5, 0.6) is 0 Å². The number of nitrogens with one attached hydrogen (secondary N) is 3. The Morgan fingerprint density at radius 3 is 2.24 bits per heavy atom. The Balaban J connectivity index is 0.00000400. The van der Waals surface area contributed by atoms with E-state index in [1.54, 1.807) is 18.2 Å². The molecule has 194 valence electrons. The SMILES string of the molecule is COC(=O)C(Cc1ccccc1)NC(=O)c1ccc(NC2CCCCC2)c(C(=O)Nc2ccccc2)c1.[HH]. The predicted molar refractivity (Wildman–Crippen MR) is 147 cm³/mol. The van der Waals surface area contributed by atoms with Gasteiger partial charge in [0.2, 0.25) is 0 Å². The summed E-state index contributed by atoms with van der Waals surface area (Å²) in [5, 5.41) is 9.22. The van der Waals surface area contributed by atoms with E-state index in [2.05, 4.69) is 16.0 Å². The van der Waals surface area contributed by atoms with E-state index in [9.17, 15) is 14.4 Å². The van der Waals surface area contributed by atoms with E-state index >= 15 is 0 Å². The van der Waals surface area contributed by atoms with Crippen molar-refractivity contribution in [1.29, 1.82) is 0 Å². The number of methoxy groups -OCH3 is 1. The minimum atomic E-state index is -0.860. The maximum Gasteiger partial charge on any atom is 0.328 e. The van der Waals surface area contributed by atoms with Crippen LogP contribution in [0.25, 0.3) is 0 Å². The van der Waals surface area contributed by atoms with Gasteiger partial charge in [-0.25, -0.2) is 4.79 Å². The highest BCUT2D eigenvalue weighted by Crippen LogP contribution is 2.26. The number of hydrogen-bond acceptors (Lipinski definition) is 5. The van der Waals surface area contributed by atoms with Crippen molar-refractivity contribution in [3.05, 3.63) is 95.6 Å². The molecule has 0 bridgehead atoms. The van der Waals surface area contributed by atoms with Crippen LogP contribution in [0.3, 0.4) is 0 Å². The van der Waals surface area contributed by atoms with Crippen LogP contribution in [0.15, 0.2) is 78.9 Å². The Morgan fingerprint density at radius 1 is 0.892 bits per heavy atom. The third kappa shape index (κ3) is 7.19. The molecular formula is C30H35N3O4. The summed E-state index contributed by atoms with van der Waals surface area (Å²) in [5.74, 6) is -1.30. The Kier molecular flexibility index (Phi) is 8.92. The topological polar surface area (TPSA) is 96.5 Å². The third-order valence-corrected chi connectivity index (χ3v) is 6.60. The maximum atomic E-state index is 13.3. The first-order valence-electron chi connectivity index (χ1n) is 12.7. The number of carbonyl (C=O) groups is 3. The summed E-state index contributed by atoms with van der Waals surface area (Å²) >= 11 is 0. The summed E-state index contributed by atoms with van der Waals surface area (Å²) in [4.78, 5) is 39.0. The molecule has 1 saturated carbocycles. The van der Waals surface area contributed by atoms with Gasteiger partial charge in [0, 0.05) is 30.8 Å². The standard InChI is InChI=1S/C30H33N3O4.H2/c1-37-30(36)27(19-21-11-5-2-6-12-21)33-28(34)22-17-18-26(31-23-13-7-3-8-14-23)25(20-22)29(35)32-24-15-9-4-10-16-24;/h2,4-6,9-12,15-18,20,23,27,31H,3,7-8,13-14,19H2,1H3,(H,32,35)(H,33,34);1H. The summed E-state index contributed by atoms with van der Waals surface area (Å²) in [5.41, 5.74) is 2.91. The van der Waals surface area contributed by atoms with Gasteiger partial charge in [-0.15, -0.1) is 0 Å². The second kappa shape index (κ2) is 12.7. The zero-order valence-electron chi connectivity index (χ0n) is 21.0. The van der Waals surface area contributed by atoms with Gasteiger partial charge in [-0.2, -0.15) is 0 Å². The van der Waals surface area contributed by atoms with Crippen molar-refractivity contribution in [2.45, 2.75) is 50.6 Å². The first-order chi connectivity index (χ1) is 18.0. The fourth-order valence-corrected chi connectivity index (χ4v) is 4.61. The molecule has 7 nitrogen and oxygen atoms in total. The lowest BCUT2D eigenvalue weighted by Crippen LogP contribution is -2.43. The number of esters is 1. The second-order valence-electron chi connectivity index (χ2n) is 9.30. The number of para-hydroxylation sites is 1. The molecule has 1 unspecified atom stereocenters. The molecule has 1 aliphatic carbocycles. The highest BCUT2D eigenvalue weighted by Gasteiger charge is 2.24. The van der Waals surface area contributed by atoms with Crippen molar-refractivity contribution in [2.75, 3.05) is 17.7 Å². The van der Waals surface area contributed by atoms with Gasteiger partial charge in [0.25, 0.3) is 11.8 Å². The molecule has 0 saturated heterocycles. The number of rotatable bonds is 9. The lowest BCUT2D eigenvalue weighted by Gasteiger charge is -2.25. The number of ether oxygens (including phenoxy) is 1. The molecule has 7 heteroatoms. The Hall–Kier alpha value is -4.13. The van der Waals surface area contributed by atoms with Crippen LogP contribution in [0.2, 0.25) is 0 Å². The van der Waals surface area contributed by atoms with Gasteiger partial charge in [0.1, 0.15) is 6.04 Å². The first-order valence-corrected chi connectivity index (χ1v) is 12.7. The van der Waals surface area contributed by atoms with E-state index in [1.807, 2.05) is 60.7 Å². The van der Waals surface area contributed by atoms with Crippen molar-refractivity contribution in [3.63, 3.8) is 0 Å². The van der Waals surface area contributed by atoms with Crippen molar-refractivity contribution >= 4 is 29.2 Å². The molecule has 0 radical (unpaired) electrons. The zero-order valence-corrected chi connectivity index (χ0v) is 21.0. The average Bonchev–Trinajstić information content (AvgIpc) is 2.94. The zero-order chi connectivity index (χ0) is 26.0. The molecule has 2 amide bonds. The van der Waals surface area contributed by atoms with Gasteiger partial charge in [0.05, 0.1) is 12.7 Å². The van der Waals surface area contributed by atoms with E-state index < -0.39 is 17.9 Å². The third-order valence-electron chi connectivity index (χ3n) is 6.60. The van der Waals surface area contributed by atoms with Crippen molar-refractivity contribution in [1.82, 2.24) is 5.32 Å². The summed E-state index contributed by atoms with van der Waals surface area (Å²) in [6, 6.07) is 23.1. The molecule has 0 aliphatic heterocycles. The van der Waals surface area contributed by atoms with E-state index in [1.165, 1.54) is 13.5 Å². The molecule has 0 heterocycles. The maximum absolute atomic E-state index is 13.3. The number of anilines is 2. The minimum absolute atomic E-state index is 0. The van der Waals surface area contributed by atoms with Gasteiger partial charge < -0.3 is 20.7 Å². The van der Waals surface area contributed by atoms with Crippen LogP contribution < -0.4 is 16.0 Å². The molecule has 37 heavy (non-hydrogen) atoms. The van der Waals surface area contributed by atoms with Crippen LogP contribution >= 0.6 is 0 Å². The quantitative estimate of drug-likeness (QED) is 0.339. The van der Waals surface area contributed by atoms with E-state index in [0.717, 1.165) is 31.2 Å². The van der Waals surface area contributed by atoms with Gasteiger partial charge in [-0.05, 0) is 48.7 Å². The average molecular weight is 502 g/mol. The van der Waals surface area contributed by atoms with Crippen molar-refractivity contribution < 1.29 is 20.5 Å². The number of amides is 2. The van der Waals surface area contributed by atoms with Crippen molar-refractivity contribution in [3.8, 4) is 0 Å². The first kappa shape index (κ1) is 25.9. The molecule has 1 fully saturated rings. The van der Waals surface area contributed by atoms with Gasteiger partial charge in [-0.1, -0.05) is 67.8 Å². The molecule has 3 aromatic carbocycles. The highest BCUT2D eigenvalue weighted by molar-refractivity contribution is 6.10. The summed E-state index contributed by atoms with van der Waals surface area (Å²) < 4.78 is 4.93. The number of carbonyl (C=O) groups excluding carboxylic acids is 3. The summed E-state index contributed by atoms with van der Waals surface area (Å²) in [6.45, 7) is 0. The summed E-state index contributed by atoms with van der Waals surface area (Å²) in [7, 11) is 1.30. The normalized spacial score (nSPS) is 14.3. The molecule has 0 spiro atoms. The van der Waals surface area contributed by atoms with E-state index in [0.29, 0.717) is 23.4 Å². The molecule has 4 rings (SSSR count). The van der Waals surface area contributed by atoms with Crippen LogP contribution in [-0.4, -0.2) is 37.0 Å². The molecule has 3 N–H and O–H groups in total. The summed E-state index contributed by atoms with van der Waals surface area (Å²) in [6.07, 6.45) is 5.91. The van der Waals surface area contributed by atoms with E-state index in [4.69, 9.17) is 4.74 Å². The van der Waals surface area contributed by atoms with Crippen LogP contribution in [-0.2, 0) is 16.0 Å². The lowest BCUT2D eigenvalue weighted by molar-refractivity contribution is -0.142. The number of hydrogen-bond donors (Lipinski definition) is 3. The van der Waals surface area contributed by atoms with Gasteiger partial charge in [-0.3, -0.25) is 9.59 Å². The van der Waals surface area contributed by atoms with Crippen LogP contribution in [0, 0.1) is 0 Å². The Bertz CT molecular complexity index is 1210. The number of benzene rings is 3. The fraction of sp³-hybridized carbons (Fsp3) is 0.300. The lowest BCUT2D eigenvalue weighted by atomic mass is 9.94. The highest BCUT2D eigenvalue weighted by atomic mass is 16.5. The smallest absolute Gasteiger partial charge is 0.328 e. The van der Waals surface area contributed by atoms with Crippen LogP contribution in [0.1, 0.15) is 59.8 Å². The molecular weight excluding hydrogens is 466 g/mol. The molecule has 3 aromatic rings. The van der Waals surface area contributed by atoms with E-state index in [-0.39, 0.29) is 18.9 Å². The Labute approximate surface area is 219 Å². The molecule has 1 aliphatic rings. The largest absolute Gasteiger partial charge is 0.467 e. The Morgan fingerprint density at radius 2 is 1.57 bits per heavy atom. The van der Waals surface area contributed by atoms with Crippen LogP contribution in [0.4, 0.5) is 11.4 Å². The molecule has 1 atom stereocenters. The predicted octanol–water partition coefficient (Wildman–Crippen LogP) is 5.44. The molecule has 0 aromatic heterocycles. The monoisotopic (exact) mass is 501 g/mol. The van der Waals surface area contributed by atoms with Gasteiger partial charge >= 0.3 is 5.97 Å². The fourth-order valence-electron chi connectivity index (χ4n) is 4.61. The van der Waals surface area contributed by atoms with Gasteiger partial charge in [0.15, 0.2) is 0 Å². The second-order valence-corrected chi connectivity index (χ2v) is 9.30.